The lowest BCUT2D eigenvalue weighted by Crippen LogP contribution is -2.43. The average Bonchev–Trinajstić information content (AvgIpc) is 2.34. The fourth-order valence-corrected chi connectivity index (χ4v) is 2.91. The van der Waals surface area contributed by atoms with Crippen molar-refractivity contribution in [2.45, 2.75) is 24.7 Å². The van der Waals surface area contributed by atoms with Crippen LogP contribution < -0.4 is 5.32 Å². The molecule has 1 heterocycles. The molecule has 0 radical (unpaired) electrons. The lowest BCUT2D eigenvalue weighted by atomic mass is 9.72. The zero-order chi connectivity index (χ0) is 12.3. The van der Waals surface area contributed by atoms with E-state index in [1.807, 2.05) is 18.2 Å². The molecule has 92 valence electrons. The molecule has 1 aromatic rings. The summed E-state index contributed by atoms with van der Waals surface area (Å²) in [5.74, 6) is 0. The first kappa shape index (κ1) is 12.9. The van der Waals surface area contributed by atoms with E-state index >= 15 is 0 Å². The summed E-state index contributed by atoms with van der Waals surface area (Å²) in [5, 5.41) is 4.72. The molecule has 1 fully saturated rings. The third-order valence-electron chi connectivity index (χ3n) is 3.54. The van der Waals surface area contributed by atoms with Crippen molar-refractivity contribution in [3.63, 3.8) is 0 Å². The number of piperidine rings is 1. The molecule has 1 unspecified atom stereocenters. The molecular weight excluding hydrogens is 253 g/mol. The lowest BCUT2D eigenvalue weighted by Gasteiger charge is -2.37. The fraction of sp³-hybridized carbons (Fsp3) is 0.429. The Hall–Kier alpha value is -0.500. The van der Waals surface area contributed by atoms with Gasteiger partial charge in [-0.05, 0) is 43.5 Å². The Kier molecular flexibility index (Phi) is 4.13. The SMILES string of the molecule is C=CCC1(c2ccc(Cl)c(Cl)c2)CCCNC1. The molecule has 0 aliphatic carbocycles. The summed E-state index contributed by atoms with van der Waals surface area (Å²) >= 11 is 12.1. The molecule has 0 saturated carbocycles. The summed E-state index contributed by atoms with van der Waals surface area (Å²) in [6, 6.07) is 5.98. The smallest absolute Gasteiger partial charge is 0.0595 e. The van der Waals surface area contributed by atoms with Gasteiger partial charge in [0, 0.05) is 12.0 Å². The highest BCUT2D eigenvalue weighted by molar-refractivity contribution is 6.42. The van der Waals surface area contributed by atoms with Gasteiger partial charge in [0.1, 0.15) is 0 Å². The zero-order valence-corrected chi connectivity index (χ0v) is 11.3. The number of benzene rings is 1. The van der Waals surface area contributed by atoms with E-state index in [9.17, 15) is 0 Å². The summed E-state index contributed by atoms with van der Waals surface area (Å²) in [6.07, 6.45) is 5.32. The van der Waals surface area contributed by atoms with Crippen LogP contribution in [0.2, 0.25) is 10.0 Å². The molecule has 0 amide bonds. The topological polar surface area (TPSA) is 12.0 Å². The van der Waals surface area contributed by atoms with Crippen molar-refractivity contribution in [1.29, 1.82) is 0 Å². The summed E-state index contributed by atoms with van der Waals surface area (Å²) < 4.78 is 0. The van der Waals surface area contributed by atoms with Crippen molar-refractivity contribution in [1.82, 2.24) is 5.32 Å². The van der Waals surface area contributed by atoms with E-state index in [-0.39, 0.29) is 5.41 Å². The van der Waals surface area contributed by atoms with E-state index in [0.29, 0.717) is 10.0 Å². The monoisotopic (exact) mass is 269 g/mol. The van der Waals surface area contributed by atoms with E-state index in [4.69, 9.17) is 23.2 Å². The predicted molar refractivity (Wildman–Crippen MR) is 75.1 cm³/mol. The third kappa shape index (κ3) is 2.67. The van der Waals surface area contributed by atoms with Crippen LogP contribution in [-0.4, -0.2) is 13.1 Å². The van der Waals surface area contributed by atoms with Gasteiger partial charge in [-0.3, -0.25) is 0 Å². The van der Waals surface area contributed by atoms with Crippen LogP contribution in [0.1, 0.15) is 24.8 Å². The number of nitrogens with one attached hydrogen (secondary N) is 1. The van der Waals surface area contributed by atoms with E-state index in [1.54, 1.807) is 0 Å². The van der Waals surface area contributed by atoms with Gasteiger partial charge in [0.25, 0.3) is 0 Å². The quantitative estimate of drug-likeness (QED) is 0.812. The zero-order valence-electron chi connectivity index (χ0n) is 9.81. The van der Waals surface area contributed by atoms with Gasteiger partial charge < -0.3 is 5.32 Å². The van der Waals surface area contributed by atoms with Gasteiger partial charge >= 0.3 is 0 Å². The Morgan fingerprint density at radius 3 is 2.76 bits per heavy atom. The predicted octanol–water partition coefficient (Wildman–Crippen LogP) is 4.19. The van der Waals surface area contributed by atoms with Crippen molar-refractivity contribution in [2.75, 3.05) is 13.1 Å². The molecule has 1 atom stereocenters. The van der Waals surface area contributed by atoms with Crippen LogP contribution in [-0.2, 0) is 5.41 Å². The molecular formula is C14H17Cl2N. The molecule has 1 N–H and O–H groups in total. The van der Waals surface area contributed by atoms with Crippen LogP contribution in [0.5, 0.6) is 0 Å². The summed E-state index contributed by atoms with van der Waals surface area (Å²) in [7, 11) is 0. The second-order valence-corrected chi connectivity index (χ2v) is 5.50. The van der Waals surface area contributed by atoms with Crippen molar-refractivity contribution in [3.8, 4) is 0 Å². The molecule has 1 saturated heterocycles. The van der Waals surface area contributed by atoms with Crippen LogP contribution in [0.3, 0.4) is 0 Å². The second kappa shape index (κ2) is 5.43. The molecule has 2 rings (SSSR count). The number of allylic oxidation sites excluding steroid dienone is 1. The Bertz CT molecular complexity index is 409. The fourth-order valence-electron chi connectivity index (χ4n) is 2.61. The van der Waals surface area contributed by atoms with Crippen LogP contribution in [0.4, 0.5) is 0 Å². The third-order valence-corrected chi connectivity index (χ3v) is 4.28. The van der Waals surface area contributed by atoms with Crippen molar-refractivity contribution in [3.05, 3.63) is 46.5 Å². The van der Waals surface area contributed by atoms with Crippen LogP contribution >= 0.6 is 23.2 Å². The number of halogens is 2. The maximum atomic E-state index is 6.12. The highest BCUT2D eigenvalue weighted by Crippen LogP contribution is 2.37. The van der Waals surface area contributed by atoms with E-state index in [0.717, 1.165) is 19.5 Å². The van der Waals surface area contributed by atoms with Gasteiger partial charge in [-0.25, -0.2) is 0 Å². The summed E-state index contributed by atoms with van der Waals surface area (Å²) in [4.78, 5) is 0. The minimum atomic E-state index is 0.133. The second-order valence-electron chi connectivity index (χ2n) is 4.68. The molecule has 1 aromatic carbocycles. The molecule has 0 spiro atoms. The minimum absolute atomic E-state index is 0.133. The first-order valence-corrected chi connectivity index (χ1v) is 6.71. The highest BCUT2D eigenvalue weighted by atomic mass is 35.5. The maximum absolute atomic E-state index is 6.12. The van der Waals surface area contributed by atoms with Crippen LogP contribution in [0, 0.1) is 0 Å². The maximum Gasteiger partial charge on any atom is 0.0595 e. The highest BCUT2D eigenvalue weighted by Gasteiger charge is 2.32. The normalized spacial score (nSPS) is 24.6. The molecule has 1 aliphatic rings. The summed E-state index contributed by atoms with van der Waals surface area (Å²) in [6.45, 7) is 5.96. The Morgan fingerprint density at radius 2 is 2.18 bits per heavy atom. The number of rotatable bonds is 3. The van der Waals surface area contributed by atoms with Gasteiger partial charge in [0.05, 0.1) is 10.0 Å². The minimum Gasteiger partial charge on any atom is -0.316 e. The Labute approximate surface area is 113 Å². The van der Waals surface area contributed by atoms with Crippen molar-refractivity contribution in [2.24, 2.45) is 0 Å². The van der Waals surface area contributed by atoms with Gasteiger partial charge in [-0.1, -0.05) is 35.3 Å². The number of hydrogen-bond acceptors (Lipinski definition) is 1. The molecule has 1 nitrogen and oxygen atoms in total. The largest absolute Gasteiger partial charge is 0.316 e. The van der Waals surface area contributed by atoms with Gasteiger partial charge in [-0.15, -0.1) is 6.58 Å². The Balaban J connectivity index is 2.37. The van der Waals surface area contributed by atoms with E-state index < -0.39 is 0 Å². The molecule has 3 heteroatoms. The summed E-state index contributed by atoms with van der Waals surface area (Å²) in [5.41, 5.74) is 1.40. The van der Waals surface area contributed by atoms with Gasteiger partial charge in [0.2, 0.25) is 0 Å². The first-order valence-electron chi connectivity index (χ1n) is 5.95. The van der Waals surface area contributed by atoms with Gasteiger partial charge in [0.15, 0.2) is 0 Å². The molecule has 17 heavy (non-hydrogen) atoms. The standard InChI is InChI=1S/C14H17Cl2N/c1-2-6-14(7-3-8-17-10-14)11-4-5-12(15)13(16)9-11/h2,4-5,9,17H,1,3,6-8,10H2. The van der Waals surface area contributed by atoms with Crippen molar-refractivity contribution < 1.29 is 0 Å². The Morgan fingerprint density at radius 1 is 1.35 bits per heavy atom. The first-order chi connectivity index (χ1) is 8.18. The lowest BCUT2D eigenvalue weighted by molar-refractivity contribution is 0.315. The molecule has 1 aliphatic heterocycles. The van der Waals surface area contributed by atoms with Gasteiger partial charge in [-0.2, -0.15) is 0 Å². The average molecular weight is 270 g/mol. The molecule has 0 aromatic heterocycles. The van der Waals surface area contributed by atoms with Crippen LogP contribution in [0.25, 0.3) is 0 Å². The van der Waals surface area contributed by atoms with Crippen molar-refractivity contribution >= 4 is 23.2 Å². The van der Waals surface area contributed by atoms with Crippen LogP contribution in [0.15, 0.2) is 30.9 Å². The molecule has 0 bridgehead atoms. The van der Waals surface area contributed by atoms with E-state index in [1.165, 1.54) is 18.4 Å². The van der Waals surface area contributed by atoms with E-state index in [2.05, 4.69) is 18.0 Å². The number of hydrogen-bond donors (Lipinski definition) is 1.